The molecule has 5 heteroatoms. The number of aliphatic hydroxyl groups excluding tert-OH is 1. The lowest BCUT2D eigenvalue weighted by Gasteiger charge is -2.11. The van der Waals surface area contributed by atoms with Gasteiger partial charge in [-0.15, -0.1) is 11.3 Å². The van der Waals surface area contributed by atoms with Gasteiger partial charge in [-0.2, -0.15) is 0 Å². The van der Waals surface area contributed by atoms with Crippen molar-refractivity contribution in [2.24, 2.45) is 0 Å². The minimum Gasteiger partial charge on any atom is -0.387 e. The van der Waals surface area contributed by atoms with Crippen LogP contribution in [0.4, 0.5) is 4.39 Å². The van der Waals surface area contributed by atoms with Crippen molar-refractivity contribution in [3.63, 3.8) is 0 Å². The summed E-state index contributed by atoms with van der Waals surface area (Å²) in [6.45, 7) is 0.988. The molecule has 1 aromatic heterocycles. The van der Waals surface area contributed by atoms with Gasteiger partial charge in [0, 0.05) is 24.0 Å². The lowest BCUT2D eigenvalue weighted by molar-refractivity contribution is 0.174. The summed E-state index contributed by atoms with van der Waals surface area (Å²) in [5.41, 5.74) is 2.76. The van der Waals surface area contributed by atoms with Crippen LogP contribution in [0.25, 0.3) is 11.3 Å². The zero-order valence-electron chi connectivity index (χ0n) is 12.4. The summed E-state index contributed by atoms with van der Waals surface area (Å²) in [6.07, 6.45) is -0.663. The normalized spacial score (nSPS) is 12.3. The molecule has 23 heavy (non-hydrogen) atoms. The maximum Gasteiger partial charge on any atom is 0.123 e. The number of aliphatic hydroxyl groups is 1. The van der Waals surface area contributed by atoms with Gasteiger partial charge in [-0.3, -0.25) is 0 Å². The fourth-order valence-corrected chi connectivity index (χ4v) is 3.03. The van der Waals surface area contributed by atoms with Gasteiger partial charge in [-0.25, -0.2) is 9.37 Å². The van der Waals surface area contributed by atoms with E-state index in [2.05, 4.69) is 10.3 Å². The third kappa shape index (κ3) is 4.22. The molecule has 0 bridgehead atoms. The fraction of sp³-hybridized carbons (Fsp3) is 0.167. The number of benzene rings is 2. The van der Waals surface area contributed by atoms with Crippen molar-refractivity contribution in [3.8, 4) is 11.3 Å². The highest BCUT2D eigenvalue weighted by Crippen LogP contribution is 2.21. The molecule has 0 spiro atoms. The Morgan fingerprint density at radius 3 is 2.57 bits per heavy atom. The van der Waals surface area contributed by atoms with Crippen LogP contribution in [0.15, 0.2) is 60.0 Å². The Hall–Kier alpha value is -2.08. The molecule has 0 radical (unpaired) electrons. The average molecular weight is 328 g/mol. The Morgan fingerprint density at radius 1 is 1.09 bits per heavy atom. The molecule has 0 amide bonds. The summed E-state index contributed by atoms with van der Waals surface area (Å²) >= 11 is 1.59. The van der Waals surface area contributed by atoms with Crippen LogP contribution in [-0.2, 0) is 6.54 Å². The first kappa shape index (κ1) is 15.8. The van der Waals surface area contributed by atoms with Crippen LogP contribution in [-0.4, -0.2) is 16.6 Å². The van der Waals surface area contributed by atoms with E-state index in [1.54, 1.807) is 23.5 Å². The molecule has 0 fully saturated rings. The van der Waals surface area contributed by atoms with E-state index in [4.69, 9.17) is 0 Å². The van der Waals surface area contributed by atoms with E-state index >= 15 is 0 Å². The quantitative estimate of drug-likeness (QED) is 0.724. The predicted octanol–water partition coefficient (Wildman–Crippen LogP) is 3.77. The third-order valence-electron chi connectivity index (χ3n) is 3.49. The number of rotatable bonds is 6. The number of nitrogens with one attached hydrogen (secondary N) is 1. The van der Waals surface area contributed by atoms with Crippen LogP contribution < -0.4 is 5.32 Å². The molecule has 0 saturated heterocycles. The second kappa shape index (κ2) is 7.46. The van der Waals surface area contributed by atoms with Crippen LogP contribution in [0.3, 0.4) is 0 Å². The molecule has 118 valence electrons. The van der Waals surface area contributed by atoms with Gasteiger partial charge in [-0.05, 0) is 17.7 Å². The highest BCUT2D eigenvalue weighted by molar-refractivity contribution is 7.09. The smallest absolute Gasteiger partial charge is 0.123 e. The predicted molar refractivity (Wildman–Crippen MR) is 90.6 cm³/mol. The van der Waals surface area contributed by atoms with E-state index in [9.17, 15) is 9.50 Å². The van der Waals surface area contributed by atoms with E-state index in [1.165, 1.54) is 12.1 Å². The maximum absolute atomic E-state index is 12.9. The molecule has 1 atom stereocenters. The Bertz CT molecular complexity index is 743. The first-order valence-corrected chi connectivity index (χ1v) is 8.24. The van der Waals surface area contributed by atoms with Crippen molar-refractivity contribution in [2.75, 3.05) is 6.54 Å². The molecule has 0 saturated carbocycles. The first-order valence-electron chi connectivity index (χ1n) is 7.36. The summed E-state index contributed by atoms with van der Waals surface area (Å²) in [5.74, 6) is -0.301. The van der Waals surface area contributed by atoms with Gasteiger partial charge in [0.05, 0.1) is 11.8 Å². The largest absolute Gasteiger partial charge is 0.387 e. The third-order valence-corrected chi connectivity index (χ3v) is 4.34. The number of thiazole rings is 1. The minimum absolute atomic E-state index is 0.301. The maximum atomic E-state index is 12.9. The monoisotopic (exact) mass is 328 g/mol. The van der Waals surface area contributed by atoms with Crippen LogP contribution in [0.2, 0.25) is 0 Å². The van der Waals surface area contributed by atoms with Gasteiger partial charge in [0.2, 0.25) is 0 Å². The number of hydrogen-bond donors (Lipinski definition) is 2. The highest BCUT2D eigenvalue weighted by atomic mass is 32.1. The van der Waals surface area contributed by atoms with Gasteiger partial charge < -0.3 is 10.4 Å². The molecule has 1 heterocycles. The molecule has 0 aliphatic carbocycles. The van der Waals surface area contributed by atoms with Crippen molar-refractivity contribution < 1.29 is 9.50 Å². The molecule has 3 rings (SSSR count). The Balaban J connectivity index is 1.53. The minimum atomic E-state index is -0.663. The van der Waals surface area contributed by atoms with Gasteiger partial charge >= 0.3 is 0 Å². The molecule has 0 aliphatic heterocycles. The Labute approximate surface area is 138 Å². The molecule has 2 N–H and O–H groups in total. The highest BCUT2D eigenvalue weighted by Gasteiger charge is 2.08. The number of aromatic nitrogens is 1. The molecule has 2 aromatic carbocycles. The summed E-state index contributed by atoms with van der Waals surface area (Å²) in [6, 6.07) is 15.9. The van der Waals surface area contributed by atoms with Crippen LogP contribution >= 0.6 is 11.3 Å². The second-order valence-electron chi connectivity index (χ2n) is 5.19. The van der Waals surface area contributed by atoms with E-state index in [-0.39, 0.29) is 5.82 Å². The SMILES string of the molecule is OC(CNCc1nc(-c2ccccc2)cs1)c1ccc(F)cc1. The summed E-state index contributed by atoms with van der Waals surface area (Å²) in [7, 11) is 0. The number of nitrogens with zero attached hydrogens (tertiary/aromatic N) is 1. The van der Waals surface area contributed by atoms with Gasteiger partial charge in [0.1, 0.15) is 10.8 Å². The van der Waals surface area contributed by atoms with Crippen molar-refractivity contribution >= 4 is 11.3 Å². The summed E-state index contributed by atoms with van der Waals surface area (Å²) < 4.78 is 12.9. The van der Waals surface area contributed by atoms with Crippen LogP contribution in [0.5, 0.6) is 0 Å². The van der Waals surface area contributed by atoms with E-state index in [1.807, 2.05) is 35.7 Å². The standard InChI is InChI=1S/C18H17FN2OS/c19-15-8-6-14(7-9-15)17(22)10-20-11-18-21-16(12-23-18)13-4-2-1-3-5-13/h1-9,12,17,20,22H,10-11H2. The van der Waals surface area contributed by atoms with Crippen LogP contribution in [0.1, 0.15) is 16.7 Å². The zero-order chi connectivity index (χ0) is 16.1. The molecule has 1 unspecified atom stereocenters. The van der Waals surface area contributed by atoms with Crippen molar-refractivity contribution in [2.45, 2.75) is 12.6 Å². The van der Waals surface area contributed by atoms with Crippen LogP contribution in [0, 0.1) is 5.82 Å². The first-order chi connectivity index (χ1) is 11.2. The molecule has 3 aromatic rings. The van der Waals surface area contributed by atoms with Crippen molar-refractivity contribution in [1.29, 1.82) is 0 Å². The topological polar surface area (TPSA) is 45.1 Å². The van der Waals surface area contributed by atoms with E-state index in [0.29, 0.717) is 18.7 Å². The van der Waals surface area contributed by atoms with Gasteiger partial charge in [0.15, 0.2) is 0 Å². The number of halogens is 1. The van der Waals surface area contributed by atoms with Crippen molar-refractivity contribution in [1.82, 2.24) is 10.3 Å². The second-order valence-corrected chi connectivity index (χ2v) is 6.13. The summed E-state index contributed by atoms with van der Waals surface area (Å²) in [5, 5.41) is 16.3. The molecule has 0 aliphatic rings. The lowest BCUT2D eigenvalue weighted by Crippen LogP contribution is -2.21. The number of hydrogen-bond acceptors (Lipinski definition) is 4. The van der Waals surface area contributed by atoms with Gasteiger partial charge in [0.25, 0.3) is 0 Å². The van der Waals surface area contributed by atoms with E-state index in [0.717, 1.165) is 16.3 Å². The molecular formula is C18H17FN2OS. The van der Waals surface area contributed by atoms with Gasteiger partial charge in [-0.1, -0.05) is 42.5 Å². The Kier molecular flexibility index (Phi) is 5.12. The molecular weight excluding hydrogens is 311 g/mol. The fourth-order valence-electron chi connectivity index (χ4n) is 2.25. The Morgan fingerprint density at radius 2 is 1.83 bits per heavy atom. The molecule has 3 nitrogen and oxygen atoms in total. The average Bonchev–Trinajstić information content (AvgIpc) is 3.05. The lowest BCUT2D eigenvalue weighted by atomic mass is 10.1. The summed E-state index contributed by atoms with van der Waals surface area (Å²) in [4.78, 5) is 4.59. The zero-order valence-corrected chi connectivity index (χ0v) is 13.3. The van der Waals surface area contributed by atoms with E-state index < -0.39 is 6.10 Å². The van der Waals surface area contributed by atoms with Crippen molar-refractivity contribution in [3.05, 3.63) is 76.4 Å².